The van der Waals surface area contributed by atoms with Gasteiger partial charge in [-0.3, -0.25) is 0 Å². The lowest BCUT2D eigenvalue weighted by Gasteiger charge is -2.11. The minimum absolute atomic E-state index is 0.543. The van der Waals surface area contributed by atoms with E-state index in [-0.39, 0.29) is 0 Å². The second-order valence-corrected chi connectivity index (χ2v) is 6.07. The van der Waals surface area contributed by atoms with Crippen molar-refractivity contribution < 1.29 is 14.2 Å². The Hall–Kier alpha value is -2.20. The molecule has 0 fully saturated rings. The zero-order valence-corrected chi connectivity index (χ0v) is 15.5. The van der Waals surface area contributed by atoms with E-state index >= 15 is 0 Å². The van der Waals surface area contributed by atoms with Gasteiger partial charge in [0.05, 0.1) is 6.61 Å². The zero-order chi connectivity index (χ0) is 17.9. The van der Waals surface area contributed by atoms with Crippen LogP contribution < -0.4 is 14.8 Å². The summed E-state index contributed by atoms with van der Waals surface area (Å²) in [6.07, 6.45) is 0. The van der Waals surface area contributed by atoms with Gasteiger partial charge in [0.2, 0.25) is 0 Å². The maximum atomic E-state index is 5.76. The first-order valence-corrected chi connectivity index (χ1v) is 8.96. The summed E-state index contributed by atoms with van der Waals surface area (Å²) < 4.78 is 16.6. The summed E-state index contributed by atoms with van der Waals surface area (Å²) in [5.41, 5.74) is 2.38. The number of nitrogens with one attached hydrogen (secondary N) is 1. The van der Waals surface area contributed by atoms with Gasteiger partial charge in [-0.05, 0) is 54.8 Å². The number of hydrogen-bond acceptors (Lipinski definition) is 4. The second-order valence-electron chi connectivity index (χ2n) is 6.07. The van der Waals surface area contributed by atoms with Crippen molar-refractivity contribution in [2.45, 2.75) is 26.7 Å². The summed E-state index contributed by atoms with van der Waals surface area (Å²) in [5.74, 6) is 2.30. The van der Waals surface area contributed by atoms with Crippen LogP contribution in [0.1, 0.15) is 32.3 Å². The average molecular weight is 343 g/mol. The Morgan fingerprint density at radius 3 is 2.00 bits per heavy atom. The van der Waals surface area contributed by atoms with Gasteiger partial charge in [0.1, 0.15) is 24.7 Å². The summed E-state index contributed by atoms with van der Waals surface area (Å²) in [6, 6.07) is 16.2. The molecule has 0 aromatic heterocycles. The van der Waals surface area contributed by atoms with Crippen molar-refractivity contribution in [3.63, 3.8) is 0 Å². The van der Waals surface area contributed by atoms with E-state index < -0.39 is 0 Å². The van der Waals surface area contributed by atoms with Gasteiger partial charge >= 0.3 is 0 Å². The minimum atomic E-state index is 0.543. The van der Waals surface area contributed by atoms with Gasteiger partial charge in [0.15, 0.2) is 0 Å². The number of ether oxygens (including phenoxy) is 3. The fraction of sp³-hybridized carbons (Fsp3) is 0.429. The Morgan fingerprint density at radius 1 is 0.800 bits per heavy atom. The molecule has 0 aliphatic rings. The average Bonchev–Trinajstić information content (AvgIpc) is 2.64. The molecule has 0 saturated carbocycles. The van der Waals surface area contributed by atoms with Crippen LogP contribution in [-0.2, 0) is 4.74 Å². The molecule has 0 unspecified atom stereocenters. The SMILES string of the molecule is CCOCCOc1ccc(NCCOc2ccc(C(C)C)cc2)cc1. The van der Waals surface area contributed by atoms with E-state index in [0.717, 1.165) is 30.3 Å². The summed E-state index contributed by atoms with van der Waals surface area (Å²) in [6.45, 7) is 9.63. The molecule has 0 radical (unpaired) electrons. The molecular formula is C21H29NO3. The molecule has 136 valence electrons. The molecule has 0 saturated heterocycles. The zero-order valence-electron chi connectivity index (χ0n) is 15.5. The fourth-order valence-corrected chi connectivity index (χ4v) is 2.34. The Bertz CT molecular complexity index is 594. The predicted octanol–water partition coefficient (Wildman–Crippen LogP) is 4.72. The molecule has 0 atom stereocenters. The van der Waals surface area contributed by atoms with Crippen molar-refractivity contribution in [3.8, 4) is 11.5 Å². The highest BCUT2D eigenvalue weighted by atomic mass is 16.5. The number of benzene rings is 2. The molecule has 4 nitrogen and oxygen atoms in total. The Balaban J connectivity index is 1.65. The lowest BCUT2D eigenvalue weighted by Crippen LogP contribution is -2.11. The molecule has 0 spiro atoms. The third-order valence-electron chi connectivity index (χ3n) is 3.80. The van der Waals surface area contributed by atoms with Crippen molar-refractivity contribution in [1.29, 1.82) is 0 Å². The minimum Gasteiger partial charge on any atom is -0.492 e. The van der Waals surface area contributed by atoms with Gasteiger partial charge in [-0.25, -0.2) is 0 Å². The first-order valence-electron chi connectivity index (χ1n) is 8.96. The van der Waals surface area contributed by atoms with Crippen LogP contribution in [0, 0.1) is 0 Å². The van der Waals surface area contributed by atoms with Crippen molar-refractivity contribution >= 4 is 5.69 Å². The third-order valence-corrected chi connectivity index (χ3v) is 3.80. The van der Waals surface area contributed by atoms with Crippen LogP contribution in [0.5, 0.6) is 11.5 Å². The molecule has 0 bridgehead atoms. The lowest BCUT2D eigenvalue weighted by molar-refractivity contribution is 0.110. The van der Waals surface area contributed by atoms with Gasteiger partial charge < -0.3 is 19.5 Å². The number of anilines is 1. The predicted molar refractivity (Wildman–Crippen MR) is 103 cm³/mol. The molecule has 2 aromatic rings. The van der Waals surface area contributed by atoms with Crippen LogP contribution in [0.2, 0.25) is 0 Å². The topological polar surface area (TPSA) is 39.7 Å². The highest BCUT2D eigenvalue weighted by Gasteiger charge is 2.00. The van der Waals surface area contributed by atoms with Crippen molar-refractivity contribution in [3.05, 3.63) is 54.1 Å². The molecular weight excluding hydrogens is 314 g/mol. The van der Waals surface area contributed by atoms with Crippen LogP contribution in [0.3, 0.4) is 0 Å². The van der Waals surface area contributed by atoms with Crippen LogP contribution in [0.15, 0.2) is 48.5 Å². The summed E-state index contributed by atoms with van der Waals surface area (Å²) >= 11 is 0. The summed E-state index contributed by atoms with van der Waals surface area (Å²) in [5, 5.41) is 3.34. The van der Waals surface area contributed by atoms with Gasteiger partial charge in [-0.1, -0.05) is 26.0 Å². The van der Waals surface area contributed by atoms with E-state index in [0.29, 0.717) is 25.7 Å². The smallest absolute Gasteiger partial charge is 0.119 e. The fourth-order valence-electron chi connectivity index (χ4n) is 2.34. The molecule has 2 rings (SSSR count). The van der Waals surface area contributed by atoms with Crippen LogP contribution in [0.4, 0.5) is 5.69 Å². The lowest BCUT2D eigenvalue weighted by atomic mass is 10.0. The maximum Gasteiger partial charge on any atom is 0.119 e. The van der Waals surface area contributed by atoms with E-state index in [2.05, 4.69) is 31.3 Å². The van der Waals surface area contributed by atoms with E-state index in [1.807, 2.05) is 43.3 Å². The van der Waals surface area contributed by atoms with Crippen LogP contribution in [-0.4, -0.2) is 33.0 Å². The van der Waals surface area contributed by atoms with Gasteiger partial charge in [-0.15, -0.1) is 0 Å². The van der Waals surface area contributed by atoms with Crippen molar-refractivity contribution in [1.82, 2.24) is 0 Å². The largest absolute Gasteiger partial charge is 0.492 e. The second kappa shape index (κ2) is 10.6. The summed E-state index contributed by atoms with van der Waals surface area (Å²) in [4.78, 5) is 0. The molecule has 2 aromatic carbocycles. The third kappa shape index (κ3) is 7.06. The number of hydrogen-bond donors (Lipinski definition) is 1. The molecule has 0 aliphatic carbocycles. The first-order chi connectivity index (χ1) is 12.2. The van der Waals surface area contributed by atoms with Crippen molar-refractivity contribution in [2.24, 2.45) is 0 Å². The maximum absolute atomic E-state index is 5.76. The molecule has 25 heavy (non-hydrogen) atoms. The van der Waals surface area contributed by atoms with Crippen LogP contribution in [0.25, 0.3) is 0 Å². The molecule has 0 heterocycles. The molecule has 0 amide bonds. The highest BCUT2D eigenvalue weighted by molar-refractivity contribution is 5.46. The quantitative estimate of drug-likeness (QED) is 0.600. The van der Waals surface area contributed by atoms with Crippen LogP contribution >= 0.6 is 0 Å². The highest BCUT2D eigenvalue weighted by Crippen LogP contribution is 2.19. The normalized spacial score (nSPS) is 10.7. The van der Waals surface area contributed by atoms with Gasteiger partial charge in [0, 0.05) is 18.8 Å². The van der Waals surface area contributed by atoms with E-state index in [4.69, 9.17) is 14.2 Å². The Morgan fingerprint density at radius 2 is 1.40 bits per heavy atom. The number of rotatable bonds is 11. The first kappa shape index (κ1) is 19.1. The summed E-state index contributed by atoms with van der Waals surface area (Å²) in [7, 11) is 0. The van der Waals surface area contributed by atoms with Gasteiger partial charge in [0.25, 0.3) is 0 Å². The molecule has 0 aliphatic heterocycles. The Labute approximate surface area is 151 Å². The van der Waals surface area contributed by atoms with Gasteiger partial charge in [-0.2, -0.15) is 0 Å². The van der Waals surface area contributed by atoms with E-state index in [1.165, 1.54) is 5.56 Å². The monoisotopic (exact) mass is 343 g/mol. The molecule has 1 N–H and O–H groups in total. The van der Waals surface area contributed by atoms with Crippen molar-refractivity contribution in [2.75, 3.05) is 38.3 Å². The van der Waals surface area contributed by atoms with E-state index in [9.17, 15) is 0 Å². The van der Waals surface area contributed by atoms with E-state index in [1.54, 1.807) is 0 Å². The standard InChI is InChI=1S/C21H29NO3/c1-4-23-15-16-25-21-11-7-19(8-12-21)22-13-14-24-20-9-5-18(6-10-20)17(2)3/h5-12,17,22H,4,13-16H2,1-3H3. The Kier molecular flexibility index (Phi) is 8.13. The molecule has 4 heteroatoms.